The van der Waals surface area contributed by atoms with Crippen LogP contribution in [0.4, 0.5) is 17.2 Å². The fourth-order valence-corrected chi connectivity index (χ4v) is 2.38. The molecule has 0 saturated heterocycles. The molecule has 0 spiro atoms. The molecular formula is C19H19N3. The normalized spacial score (nSPS) is 10.4. The van der Waals surface area contributed by atoms with E-state index >= 15 is 0 Å². The molecule has 0 aliphatic carbocycles. The maximum atomic E-state index is 5.90. The number of hydrogen-bond acceptors (Lipinski definition) is 3. The zero-order valence-corrected chi connectivity index (χ0v) is 12.6. The Balaban J connectivity index is 2.01. The average molecular weight is 289 g/mol. The van der Waals surface area contributed by atoms with E-state index in [1.54, 1.807) is 6.20 Å². The number of nitrogens with zero attached hydrogens (tertiary/aromatic N) is 2. The maximum Gasteiger partial charge on any atom is 0.133 e. The first kappa shape index (κ1) is 14.1. The molecule has 0 unspecified atom stereocenters. The molecule has 0 atom stereocenters. The number of nitrogens with two attached hydrogens (primary N) is 1. The predicted octanol–water partition coefficient (Wildman–Crippen LogP) is 4.31. The van der Waals surface area contributed by atoms with Gasteiger partial charge in [0.05, 0.1) is 11.9 Å². The van der Waals surface area contributed by atoms with Gasteiger partial charge in [-0.1, -0.05) is 48.5 Å². The van der Waals surface area contributed by atoms with E-state index in [-0.39, 0.29) is 0 Å². The lowest BCUT2D eigenvalue weighted by atomic mass is 10.1. The van der Waals surface area contributed by atoms with Gasteiger partial charge in [-0.15, -0.1) is 0 Å². The Hall–Kier alpha value is -2.81. The van der Waals surface area contributed by atoms with E-state index < -0.39 is 0 Å². The highest BCUT2D eigenvalue weighted by atomic mass is 15.2. The third-order valence-electron chi connectivity index (χ3n) is 3.66. The molecule has 3 heteroatoms. The fourth-order valence-electron chi connectivity index (χ4n) is 2.38. The Morgan fingerprint density at radius 2 is 1.59 bits per heavy atom. The molecule has 22 heavy (non-hydrogen) atoms. The molecule has 0 saturated carbocycles. The summed E-state index contributed by atoms with van der Waals surface area (Å²) in [7, 11) is 0. The molecular weight excluding hydrogens is 270 g/mol. The van der Waals surface area contributed by atoms with Gasteiger partial charge in [-0.25, -0.2) is 4.98 Å². The van der Waals surface area contributed by atoms with Crippen molar-refractivity contribution in [2.24, 2.45) is 0 Å². The zero-order chi connectivity index (χ0) is 15.4. The van der Waals surface area contributed by atoms with Gasteiger partial charge >= 0.3 is 0 Å². The number of rotatable bonds is 4. The lowest BCUT2D eigenvalue weighted by Gasteiger charge is -2.24. The van der Waals surface area contributed by atoms with Crippen LogP contribution in [-0.2, 0) is 6.54 Å². The topological polar surface area (TPSA) is 42.2 Å². The van der Waals surface area contributed by atoms with Gasteiger partial charge < -0.3 is 10.6 Å². The number of nitrogen functional groups attached to an aromatic ring is 1. The summed E-state index contributed by atoms with van der Waals surface area (Å²) >= 11 is 0. The Morgan fingerprint density at radius 3 is 2.23 bits per heavy atom. The minimum absolute atomic E-state index is 0.719. The summed E-state index contributed by atoms with van der Waals surface area (Å²) in [6.45, 7) is 2.77. The van der Waals surface area contributed by atoms with Gasteiger partial charge in [0.15, 0.2) is 0 Å². The highest BCUT2D eigenvalue weighted by Gasteiger charge is 2.12. The van der Waals surface area contributed by atoms with Gasteiger partial charge in [0.1, 0.15) is 5.82 Å². The summed E-state index contributed by atoms with van der Waals surface area (Å²) < 4.78 is 0. The SMILES string of the molecule is Cc1cc(N(Cc2ccccc2)c2ccccc2)ncc1N. The minimum atomic E-state index is 0.719. The first-order valence-electron chi connectivity index (χ1n) is 7.32. The second kappa shape index (κ2) is 6.31. The van der Waals surface area contributed by atoms with Gasteiger partial charge in [-0.3, -0.25) is 0 Å². The largest absolute Gasteiger partial charge is 0.397 e. The van der Waals surface area contributed by atoms with Crippen LogP contribution in [0.15, 0.2) is 72.9 Å². The molecule has 0 radical (unpaired) electrons. The summed E-state index contributed by atoms with van der Waals surface area (Å²) in [6.07, 6.45) is 1.73. The van der Waals surface area contributed by atoms with Crippen LogP contribution < -0.4 is 10.6 Å². The van der Waals surface area contributed by atoms with Crippen molar-refractivity contribution in [3.05, 3.63) is 84.1 Å². The molecule has 2 aromatic carbocycles. The van der Waals surface area contributed by atoms with E-state index in [9.17, 15) is 0 Å². The third-order valence-corrected chi connectivity index (χ3v) is 3.66. The molecule has 1 aromatic heterocycles. The smallest absolute Gasteiger partial charge is 0.133 e. The molecule has 0 aliphatic heterocycles. The van der Waals surface area contributed by atoms with Gasteiger partial charge in [0, 0.05) is 12.2 Å². The van der Waals surface area contributed by atoms with Crippen LogP contribution in [0, 0.1) is 6.92 Å². The van der Waals surface area contributed by atoms with Crippen molar-refractivity contribution in [3.63, 3.8) is 0 Å². The molecule has 3 rings (SSSR count). The molecule has 0 bridgehead atoms. The van der Waals surface area contributed by atoms with E-state index in [0.717, 1.165) is 29.3 Å². The Labute approximate surface area is 131 Å². The summed E-state index contributed by atoms with van der Waals surface area (Å²) in [4.78, 5) is 6.71. The highest BCUT2D eigenvalue weighted by molar-refractivity contribution is 5.63. The Bertz CT molecular complexity index is 739. The zero-order valence-electron chi connectivity index (χ0n) is 12.6. The number of para-hydroxylation sites is 1. The Morgan fingerprint density at radius 1 is 0.955 bits per heavy atom. The van der Waals surface area contributed by atoms with Crippen molar-refractivity contribution in [1.82, 2.24) is 4.98 Å². The van der Waals surface area contributed by atoms with Crippen molar-refractivity contribution < 1.29 is 0 Å². The second-order valence-electron chi connectivity index (χ2n) is 5.31. The molecule has 0 fully saturated rings. The van der Waals surface area contributed by atoms with Crippen molar-refractivity contribution in [1.29, 1.82) is 0 Å². The van der Waals surface area contributed by atoms with E-state index in [1.165, 1.54) is 5.56 Å². The van der Waals surface area contributed by atoms with Crippen LogP contribution in [0.2, 0.25) is 0 Å². The second-order valence-corrected chi connectivity index (χ2v) is 5.31. The van der Waals surface area contributed by atoms with E-state index in [0.29, 0.717) is 0 Å². The average Bonchev–Trinajstić information content (AvgIpc) is 2.57. The summed E-state index contributed by atoms with van der Waals surface area (Å²) in [5, 5.41) is 0. The molecule has 1 heterocycles. The Kier molecular flexibility index (Phi) is 4.05. The van der Waals surface area contributed by atoms with E-state index in [2.05, 4.69) is 46.3 Å². The first-order chi connectivity index (χ1) is 10.7. The van der Waals surface area contributed by atoms with Crippen LogP contribution in [0.3, 0.4) is 0 Å². The maximum absolute atomic E-state index is 5.90. The number of pyridine rings is 1. The minimum Gasteiger partial charge on any atom is -0.397 e. The molecule has 3 aromatic rings. The lowest BCUT2D eigenvalue weighted by Crippen LogP contribution is -2.18. The van der Waals surface area contributed by atoms with Gasteiger partial charge in [-0.05, 0) is 36.2 Å². The molecule has 3 nitrogen and oxygen atoms in total. The van der Waals surface area contributed by atoms with Crippen molar-refractivity contribution in [2.75, 3.05) is 10.6 Å². The van der Waals surface area contributed by atoms with Crippen molar-refractivity contribution in [2.45, 2.75) is 13.5 Å². The van der Waals surface area contributed by atoms with Gasteiger partial charge in [0.25, 0.3) is 0 Å². The van der Waals surface area contributed by atoms with Crippen LogP contribution in [-0.4, -0.2) is 4.98 Å². The standard InChI is InChI=1S/C19H19N3/c1-15-12-19(21-13-18(15)20)22(17-10-6-3-7-11-17)14-16-8-4-2-5-9-16/h2-13H,14,20H2,1H3. The fraction of sp³-hybridized carbons (Fsp3) is 0.105. The summed E-state index contributed by atoms with van der Waals surface area (Å²) in [5.41, 5.74) is 10.0. The number of hydrogen-bond donors (Lipinski definition) is 1. The van der Waals surface area contributed by atoms with E-state index in [4.69, 9.17) is 5.73 Å². The third kappa shape index (κ3) is 3.09. The predicted molar refractivity (Wildman–Crippen MR) is 92.1 cm³/mol. The molecule has 2 N–H and O–H groups in total. The van der Waals surface area contributed by atoms with Crippen LogP contribution in [0.25, 0.3) is 0 Å². The number of aromatic nitrogens is 1. The molecule has 0 aliphatic rings. The summed E-state index contributed by atoms with van der Waals surface area (Å²) in [6, 6.07) is 22.7. The van der Waals surface area contributed by atoms with E-state index in [1.807, 2.05) is 37.3 Å². The number of anilines is 3. The van der Waals surface area contributed by atoms with Gasteiger partial charge in [0.2, 0.25) is 0 Å². The van der Waals surface area contributed by atoms with Crippen LogP contribution in [0.1, 0.15) is 11.1 Å². The quantitative estimate of drug-likeness (QED) is 0.778. The van der Waals surface area contributed by atoms with Crippen LogP contribution in [0.5, 0.6) is 0 Å². The van der Waals surface area contributed by atoms with Crippen LogP contribution >= 0.6 is 0 Å². The first-order valence-corrected chi connectivity index (χ1v) is 7.32. The van der Waals surface area contributed by atoms with Crippen molar-refractivity contribution >= 4 is 17.2 Å². The monoisotopic (exact) mass is 289 g/mol. The number of benzene rings is 2. The van der Waals surface area contributed by atoms with Crippen molar-refractivity contribution in [3.8, 4) is 0 Å². The summed E-state index contributed by atoms with van der Waals surface area (Å²) in [5.74, 6) is 0.904. The highest BCUT2D eigenvalue weighted by Crippen LogP contribution is 2.27. The number of aryl methyl sites for hydroxylation is 1. The molecule has 0 amide bonds. The molecule has 110 valence electrons. The van der Waals surface area contributed by atoms with Gasteiger partial charge in [-0.2, -0.15) is 0 Å². The lowest BCUT2D eigenvalue weighted by molar-refractivity contribution is 0.946.